The molecule has 0 saturated heterocycles. The van der Waals surface area contributed by atoms with Gasteiger partial charge in [0.15, 0.2) is 0 Å². The molecule has 0 aliphatic heterocycles. The van der Waals surface area contributed by atoms with E-state index in [0.29, 0.717) is 22.0 Å². The maximum Gasteiger partial charge on any atom is 0.252 e. The van der Waals surface area contributed by atoms with E-state index >= 15 is 0 Å². The van der Waals surface area contributed by atoms with Gasteiger partial charge in [-0.3, -0.25) is 4.79 Å². The van der Waals surface area contributed by atoms with Crippen molar-refractivity contribution in [1.82, 2.24) is 5.32 Å². The van der Waals surface area contributed by atoms with Crippen molar-refractivity contribution in [2.45, 2.75) is 6.54 Å². The zero-order valence-electron chi connectivity index (χ0n) is 10.7. The molecule has 1 amide bonds. The molecule has 1 aromatic heterocycles. The van der Waals surface area contributed by atoms with Gasteiger partial charge in [-0.1, -0.05) is 35.6 Å². The highest BCUT2D eigenvalue weighted by Gasteiger charge is 2.09. The standard InChI is InChI=1S/C15H13ClN2OS/c16-14-8-7-12(20-14)10-18-15(19)13-6-2-1-4-11(13)5-3-9-17/h1-2,4,6-8H,9-10,17H2,(H,18,19). The summed E-state index contributed by atoms with van der Waals surface area (Å²) in [6.07, 6.45) is 0. The van der Waals surface area contributed by atoms with E-state index in [9.17, 15) is 4.79 Å². The smallest absolute Gasteiger partial charge is 0.252 e. The van der Waals surface area contributed by atoms with Crippen LogP contribution in [0.2, 0.25) is 4.34 Å². The molecular weight excluding hydrogens is 292 g/mol. The van der Waals surface area contributed by atoms with Crippen LogP contribution in [0.25, 0.3) is 0 Å². The van der Waals surface area contributed by atoms with Crippen LogP contribution in [0, 0.1) is 11.8 Å². The SMILES string of the molecule is NCC#Cc1ccccc1C(=O)NCc1ccc(Cl)s1. The molecule has 0 spiro atoms. The summed E-state index contributed by atoms with van der Waals surface area (Å²) in [5, 5.41) is 2.86. The van der Waals surface area contributed by atoms with Crippen LogP contribution in [0.4, 0.5) is 0 Å². The van der Waals surface area contributed by atoms with Gasteiger partial charge in [-0.15, -0.1) is 11.3 Å². The fourth-order valence-electron chi connectivity index (χ4n) is 1.65. The number of nitrogens with two attached hydrogens (primary N) is 1. The predicted octanol–water partition coefficient (Wildman–Crippen LogP) is 2.64. The number of hydrogen-bond donors (Lipinski definition) is 2. The van der Waals surface area contributed by atoms with Gasteiger partial charge in [0.25, 0.3) is 5.91 Å². The summed E-state index contributed by atoms with van der Waals surface area (Å²) in [5.41, 5.74) is 6.59. The fourth-order valence-corrected chi connectivity index (χ4v) is 2.67. The van der Waals surface area contributed by atoms with Gasteiger partial charge in [0, 0.05) is 10.4 Å². The minimum atomic E-state index is -0.156. The molecule has 20 heavy (non-hydrogen) atoms. The molecule has 0 unspecified atom stereocenters. The zero-order valence-corrected chi connectivity index (χ0v) is 12.2. The van der Waals surface area contributed by atoms with Crippen molar-refractivity contribution in [3.63, 3.8) is 0 Å². The van der Waals surface area contributed by atoms with E-state index in [-0.39, 0.29) is 12.5 Å². The van der Waals surface area contributed by atoms with Gasteiger partial charge < -0.3 is 11.1 Å². The molecule has 2 aromatic rings. The highest BCUT2D eigenvalue weighted by Crippen LogP contribution is 2.21. The lowest BCUT2D eigenvalue weighted by atomic mass is 10.1. The molecule has 0 radical (unpaired) electrons. The zero-order chi connectivity index (χ0) is 14.4. The van der Waals surface area contributed by atoms with E-state index < -0.39 is 0 Å². The molecule has 102 valence electrons. The number of hydrogen-bond acceptors (Lipinski definition) is 3. The van der Waals surface area contributed by atoms with Crippen LogP contribution in [0.15, 0.2) is 36.4 Å². The molecule has 5 heteroatoms. The van der Waals surface area contributed by atoms with E-state index in [1.165, 1.54) is 11.3 Å². The van der Waals surface area contributed by atoms with Gasteiger partial charge in [0.2, 0.25) is 0 Å². The van der Waals surface area contributed by atoms with E-state index in [0.717, 1.165) is 4.88 Å². The molecule has 0 bridgehead atoms. The van der Waals surface area contributed by atoms with Crippen LogP contribution in [-0.2, 0) is 6.54 Å². The third-order valence-electron chi connectivity index (χ3n) is 2.55. The first-order chi connectivity index (χ1) is 9.70. The molecule has 1 heterocycles. The molecule has 2 rings (SSSR count). The third-order valence-corrected chi connectivity index (χ3v) is 3.78. The quantitative estimate of drug-likeness (QED) is 0.857. The Kier molecular flexibility index (Phi) is 5.19. The lowest BCUT2D eigenvalue weighted by molar-refractivity contribution is 0.0951. The fraction of sp³-hybridized carbons (Fsp3) is 0.133. The van der Waals surface area contributed by atoms with Gasteiger partial charge in [-0.05, 0) is 24.3 Å². The molecule has 0 aliphatic carbocycles. The Bertz CT molecular complexity index is 670. The van der Waals surface area contributed by atoms with Crippen molar-refractivity contribution in [3.05, 3.63) is 56.7 Å². The largest absolute Gasteiger partial charge is 0.347 e. The van der Waals surface area contributed by atoms with E-state index in [1.54, 1.807) is 12.1 Å². The molecule has 0 saturated carbocycles. The first-order valence-electron chi connectivity index (χ1n) is 6.01. The highest BCUT2D eigenvalue weighted by molar-refractivity contribution is 7.16. The summed E-state index contributed by atoms with van der Waals surface area (Å²) in [6, 6.07) is 10.9. The average Bonchev–Trinajstić information content (AvgIpc) is 2.88. The molecule has 1 aromatic carbocycles. The van der Waals surface area contributed by atoms with Crippen molar-refractivity contribution in [3.8, 4) is 11.8 Å². The Morgan fingerprint density at radius 1 is 1.30 bits per heavy atom. The predicted molar refractivity (Wildman–Crippen MR) is 82.9 cm³/mol. The van der Waals surface area contributed by atoms with Crippen LogP contribution in [-0.4, -0.2) is 12.5 Å². The number of rotatable bonds is 3. The molecule has 0 fully saturated rings. The van der Waals surface area contributed by atoms with Crippen LogP contribution < -0.4 is 11.1 Å². The molecule has 3 N–H and O–H groups in total. The second-order valence-electron chi connectivity index (χ2n) is 3.94. The van der Waals surface area contributed by atoms with Crippen LogP contribution in [0.5, 0.6) is 0 Å². The Balaban J connectivity index is 2.09. The third kappa shape index (κ3) is 3.84. The number of nitrogens with one attached hydrogen (secondary N) is 1. The number of amides is 1. The Hall–Kier alpha value is -1.80. The van der Waals surface area contributed by atoms with Crippen molar-refractivity contribution in [2.24, 2.45) is 5.73 Å². The molecule has 3 nitrogen and oxygen atoms in total. The Labute approximate surface area is 126 Å². The van der Waals surface area contributed by atoms with E-state index in [1.807, 2.05) is 24.3 Å². The Morgan fingerprint density at radius 3 is 2.80 bits per heavy atom. The van der Waals surface area contributed by atoms with Gasteiger partial charge >= 0.3 is 0 Å². The topological polar surface area (TPSA) is 55.1 Å². The van der Waals surface area contributed by atoms with Gasteiger partial charge in [-0.25, -0.2) is 0 Å². The number of carbonyl (C=O) groups is 1. The van der Waals surface area contributed by atoms with Crippen molar-refractivity contribution >= 4 is 28.8 Å². The molecule has 0 aliphatic rings. The lowest BCUT2D eigenvalue weighted by Crippen LogP contribution is -2.23. The number of carbonyl (C=O) groups excluding carboxylic acids is 1. The summed E-state index contributed by atoms with van der Waals surface area (Å²) in [7, 11) is 0. The normalized spacial score (nSPS) is 9.70. The summed E-state index contributed by atoms with van der Waals surface area (Å²) in [6.45, 7) is 0.721. The minimum absolute atomic E-state index is 0.156. The first-order valence-corrected chi connectivity index (χ1v) is 7.20. The second-order valence-corrected chi connectivity index (χ2v) is 5.74. The minimum Gasteiger partial charge on any atom is -0.347 e. The van der Waals surface area contributed by atoms with Crippen LogP contribution >= 0.6 is 22.9 Å². The maximum atomic E-state index is 12.2. The average molecular weight is 305 g/mol. The second kappa shape index (κ2) is 7.11. The summed E-state index contributed by atoms with van der Waals surface area (Å²) in [4.78, 5) is 13.2. The monoisotopic (exact) mass is 304 g/mol. The summed E-state index contributed by atoms with van der Waals surface area (Å²) in [5.74, 6) is 5.51. The van der Waals surface area contributed by atoms with Crippen molar-refractivity contribution in [2.75, 3.05) is 6.54 Å². The highest BCUT2D eigenvalue weighted by atomic mass is 35.5. The van der Waals surface area contributed by atoms with Crippen LogP contribution in [0.1, 0.15) is 20.8 Å². The van der Waals surface area contributed by atoms with E-state index in [2.05, 4.69) is 17.2 Å². The lowest BCUT2D eigenvalue weighted by Gasteiger charge is -2.05. The van der Waals surface area contributed by atoms with Gasteiger partial charge in [0.05, 0.1) is 23.0 Å². The van der Waals surface area contributed by atoms with Gasteiger partial charge in [0.1, 0.15) is 0 Å². The maximum absolute atomic E-state index is 12.2. The number of halogens is 1. The number of thiophene rings is 1. The van der Waals surface area contributed by atoms with Crippen molar-refractivity contribution in [1.29, 1.82) is 0 Å². The molecular formula is C15H13ClN2OS. The van der Waals surface area contributed by atoms with E-state index in [4.69, 9.17) is 17.3 Å². The summed E-state index contributed by atoms with van der Waals surface area (Å²) < 4.78 is 0.712. The number of benzene rings is 1. The first kappa shape index (κ1) is 14.6. The summed E-state index contributed by atoms with van der Waals surface area (Å²) >= 11 is 7.30. The van der Waals surface area contributed by atoms with Crippen molar-refractivity contribution < 1.29 is 4.79 Å². The van der Waals surface area contributed by atoms with Crippen LogP contribution in [0.3, 0.4) is 0 Å². The van der Waals surface area contributed by atoms with Gasteiger partial charge in [-0.2, -0.15) is 0 Å². The Morgan fingerprint density at radius 2 is 2.10 bits per heavy atom. The molecule has 0 atom stereocenters.